The molecule has 1 N–H and O–H groups in total. The Hall–Kier alpha value is -2.06. The highest BCUT2D eigenvalue weighted by molar-refractivity contribution is 5.81. The minimum atomic E-state index is 0.151. The van der Waals surface area contributed by atoms with Crippen LogP contribution in [-0.2, 0) is 0 Å². The van der Waals surface area contributed by atoms with Crippen molar-refractivity contribution in [3.8, 4) is 0 Å². The molecule has 0 aliphatic rings. The number of benzene rings is 2. The molecule has 102 valence electrons. The molecule has 0 saturated carbocycles. The monoisotopic (exact) mass is 265 g/mol. The summed E-state index contributed by atoms with van der Waals surface area (Å²) in [5, 5.41) is 4.57. The van der Waals surface area contributed by atoms with Gasteiger partial charge in [0.15, 0.2) is 0 Å². The molecule has 0 fully saturated rings. The molecule has 0 aliphatic carbocycles. The van der Waals surface area contributed by atoms with Crippen LogP contribution in [0, 0.1) is 13.8 Å². The molecule has 1 atom stereocenters. The van der Waals surface area contributed by atoms with E-state index in [9.17, 15) is 0 Å². The summed E-state index contributed by atoms with van der Waals surface area (Å²) in [7, 11) is 1.99. The standard InChI is InChI=1S/C18H19NO/c1-12-8-9-14(10-13(12)2)18(19-3)16-11-20-17-7-5-4-6-15(16)17/h4-11,18-19H,1-3H3. The highest BCUT2D eigenvalue weighted by Crippen LogP contribution is 2.31. The molecule has 0 spiro atoms. The first-order valence-electron chi connectivity index (χ1n) is 6.91. The second kappa shape index (κ2) is 5.14. The van der Waals surface area contributed by atoms with Crippen molar-refractivity contribution in [2.24, 2.45) is 0 Å². The smallest absolute Gasteiger partial charge is 0.134 e. The first-order valence-corrected chi connectivity index (χ1v) is 6.91. The van der Waals surface area contributed by atoms with Gasteiger partial charge in [-0.3, -0.25) is 0 Å². The Bertz CT molecular complexity index is 742. The molecule has 2 heteroatoms. The van der Waals surface area contributed by atoms with Crippen LogP contribution in [0.5, 0.6) is 0 Å². The van der Waals surface area contributed by atoms with Gasteiger partial charge >= 0.3 is 0 Å². The lowest BCUT2D eigenvalue weighted by Gasteiger charge is -2.17. The molecule has 0 saturated heterocycles. The summed E-state index contributed by atoms with van der Waals surface area (Å²) >= 11 is 0. The summed E-state index contributed by atoms with van der Waals surface area (Å²) in [6, 6.07) is 14.9. The van der Waals surface area contributed by atoms with Crippen molar-refractivity contribution < 1.29 is 4.42 Å². The number of fused-ring (bicyclic) bond motifs is 1. The second-order valence-electron chi connectivity index (χ2n) is 5.25. The summed E-state index contributed by atoms with van der Waals surface area (Å²) in [6.45, 7) is 4.29. The first kappa shape index (κ1) is 12.9. The summed E-state index contributed by atoms with van der Waals surface area (Å²) in [5.74, 6) is 0. The average Bonchev–Trinajstić information content (AvgIpc) is 2.88. The predicted octanol–water partition coefficient (Wildman–Crippen LogP) is 4.36. The number of para-hydroxylation sites is 1. The van der Waals surface area contributed by atoms with E-state index in [-0.39, 0.29) is 6.04 Å². The van der Waals surface area contributed by atoms with Crippen LogP contribution in [0.15, 0.2) is 53.1 Å². The van der Waals surface area contributed by atoms with E-state index >= 15 is 0 Å². The molecule has 0 amide bonds. The summed E-state index contributed by atoms with van der Waals surface area (Å²) in [5.41, 5.74) is 6.02. The molecule has 1 heterocycles. The van der Waals surface area contributed by atoms with Crippen molar-refractivity contribution in [2.45, 2.75) is 19.9 Å². The molecule has 2 aromatic carbocycles. The van der Waals surface area contributed by atoms with Crippen molar-refractivity contribution in [1.82, 2.24) is 5.32 Å². The minimum Gasteiger partial charge on any atom is -0.464 e. The van der Waals surface area contributed by atoms with Gasteiger partial charge in [-0.05, 0) is 43.7 Å². The molecule has 0 aliphatic heterocycles. The number of furan rings is 1. The van der Waals surface area contributed by atoms with Gasteiger partial charge in [-0.25, -0.2) is 0 Å². The predicted molar refractivity (Wildman–Crippen MR) is 83.0 cm³/mol. The van der Waals surface area contributed by atoms with E-state index in [0.717, 1.165) is 5.58 Å². The van der Waals surface area contributed by atoms with Gasteiger partial charge in [0.2, 0.25) is 0 Å². The Morgan fingerprint density at radius 3 is 2.55 bits per heavy atom. The molecule has 1 aromatic heterocycles. The van der Waals surface area contributed by atoms with Crippen LogP contribution in [0.1, 0.15) is 28.3 Å². The quantitative estimate of drug-likeness (QED) is 0.761. The highest BCUT2D eigenvalue weighted by Gasteiger charge is 2.17. The van der Waals surface area contributed by atoms with E-state index in [0.29, 0.717) is 0 Å². The first-order chi connectivity index (χ1) is 9.70. The van der Waals surface area contributed by atoms with E-state index in [1.165, 1.54) is 27.6 Å². The van der Waals surface area contributed by atoms with E-state index in [1.54, 1.807) is 0 Å². The van der Waals surface area contributed by atoms with Crippen molar-refractivity contribution in [3.05, 3.63) is 71.0 Å². The molecular weight excluding hydrogens is 246 g/mol. The van der Waals surface area contributed by atoms with Gasteiger partial charge in [-0.2, -0.15) is 0 Å². The third-order valence-corrected chi connectivity index (χ3v) is 3.97. The fraction of sp³-hybridized carbons (Fsp3) is 0.222. The second-order valence-corrected chi connectivity index (χ2v) is 5.25. The third-order valence-electron chi connectivity index (χ3n) is 3.97. The Labute approximate surface area is 119 Å². The van der Waals surface area contributed by atoms with E-state index in [1.807, 2.05) is 25.4 Å². The van der Waals surface area contributed by atoms with E-state index in [2.05, 4.69) is 49.5 Å². The maximum atomic E-state index is 5.67. The maximum Gasteiger partial charge on any atom is 0.134 e. The normalized spacial score (nSPS) is 12.8. The molecule has 0 radical (unpaired) electrons. The largest absolute Gasteiger partial charge is 0.464 e. The maximum absolute atomic E-state index is 5.67. The SMILES string of the molecule is CNC(c1ccc(C)c(C)c1)c1coc2ccccc12. The van der Waals surface area contributed by atoms with Gasteiger partial charge in [0.25, 0.3) is 0 Å². The average molecular weight is 265 g/mol. The molecule has 1 unspecified atom stereocenters. The van der Waals surface area contributed by atoms with E-state index < -0.39 is 0 Å². The van der Waals surface area contributed by atoms with Crippen LogP contribution in [0.2, 0.25) is 0 Å². The summed E-state index contributed by atoms with van der Waals surface area (Å²) < 4.78 is 5.67. The molecule has 20 heavy (non-hydrogen) atoms. The minimum absolute atomic E-state index is 0.151. The lowest BCUT2D eigenvalue weighted by atomic mass is 9.95. The van der Waals surface area contributed by atoms with Crippen LogP contribution < -0.4 is 5.32 Å². The highest BCUT2D eigenvalue weighted by atomic mass is 16.3. The Morgan fingerprint density at radius 1 is 1.00 bits per heavy atom. The number of hydrogen-bond acceptors (Lipinski definition) is 2. The van der Waals surface area contributed by atoms with Crippen molar-refractivity contribution in [2.75, 3.05) is 7.05 Å². The molecular formula is C18H19NO. The summed E-state index contributed by atoms with van der Waals surface area (Å²) in [4.78, 5) is 0. The van der Waals surface area contributed by atoms with Gasteiger partial charge in [-0.1, -0.05) is 36.4 Å². The van der Waals surface area contributed by atoms with Gasteiger partial charge in [0.05, 0.1) is 12.3 Å². The lowest BCUT2D eigenvalue weighted by molar-refractivity contribution is 0.596. The lowest BCUT2D eigenvalue weighted by Crippen LogP contribution is -2.17. The van der Waals surface area contributed by atoms with Crippen molar-refractivity contribution >= 4 is 11.0 Å². The zero-order valence-electron chi connectivity index (χ0n) is 12.1. The fourth-order valence-electron chi connectivity index (χ4n) is 2.67. The van der Waals surface area contributed by atoms with Crippen molar-refractivity contribution in [1.29, 1.82) is 0 Å². The molecule has 0 bridgehead atoms. The van der Waals surface area contributed by atoms with Crippen LogP contribution in [0.25, 0.3) is 11.0 Å². The molecule has 2 nitrogen and oxygen atoms in total. The zero-order chi connectivity index (χ0) is 14.1. The Kier molecular flexibility index (Phi) is 3.33. The topological polar surface area (TPSA) is 25.2 Å². The molecule has 3 rings (SSSR count). The van der Waals surface area contributed by atoms with Gasteiger partial charge in [0, 0.05) is 10.9 Å². The number of hydrogen-bond donors (Lipinski definition) is 1. The van der Waals surface area contributed by atoms with Crippen molar-refractivity contribution in [3.63, 3.8) is 0 Å². The zero-order valence-corrected chi connectivity index (χ0v) is 12.1. The summed E-state index contributed by atoms with van der Waals surface area (Å²) in [6.07, 6.45) is 1.86. The fourth-order valence-corrected chi connectivity index (χ4v) is 2.67. The van der Waals surface area contributed by atoms with Crippen LogP contribution in [0.4, 0.5) is 0 Å². The van der Waals surface area contributed by atoms with Gasteiger partial charge < -0.3 is 9.73 Å². The molecule has 3 aromatic rings. The van der Waals surface area contributed by atoms with Crippen LogP contribution in [0.3, 0.4) is 0 Å². The van der Waals surface area contributed by atoms with Gasteiger partial charge in [-0.15, -0.1) is 0 Å². The number of aryl methyl sites for hydroxylation is 2. The third kappa shape index (κ3) is 2.12. The van der Waals surface area contributed by atoms with Gasteiger partial charge in [0.1, 0.15) is 5.58 Å². The van der Waals surface area contributed by atoms with E-state index in [4.69, 9.17) is 4.42 Å². The number of rotatable bonds is 3. The van der Waals surface area contributed by atoms with Crippen LogP contribution >= 0.6 is 0 Å². The number of nitrogens with one attached hydrogen (secondary N) is 1. The Balaban J connectivity index is 2.11. The van der Waals surface area contributed by atoms with Crippen LogP contribution in [-0.4, -0.2) is 7.05 Å². The Morgan fingerprint density at radius 2 is 1.80 bits per heavy atom.